The Morgan fingerprint density at radius 1 is 1.06 bits per heavy atom. The van der Waals surface area contributed by atoms with Gasteiger partial charge in [-0.1, -0.05) is 49.9 Å². The number of halogens is 1. The maximum absolute atomic E-state index is 13.8. The van der Waals surface area contributed by atoms with Gasteiger partial charge in [-0.15, -0.1) is 0 Å². The van der Waals surface area contributed by atoms with E-state index in [1.807, 2.05) is 53.4 Å². The Hall–Kier alpha value is -2.87. The second kappa shape index (κ2) is 10.2. The number of piperidine rings is 1. The highest BCUT2D eigenvalue weighted by molar-refractivity contribution is 7.99. The Balaban J connectivity index is 1.37. The van der Waals surface area contributed by atoms with Gasteiger partial charge in [-0.05, 0) is 67.3 Å². The van der Waals surface area contributed by atoms with Crippen LogP contribution in [0.5, 0.6) is 5.75 Å². The number of hydrogen-bond acceptors (Lipinski definition) is 5. The normalized spacial score (nSPS) is 21.7. The molecule has 7 heteroatoms. The fraction of sp³-hybridized carbons (Fsp3) is 0.345. The maximum atomic E-state index is 13.8. The molecule has 2 atom stereocenters. The third-order valence-electron chi connectivity index (χ3n) is 6.78. The van der Waals surface area contributed by atoms with Crippen molar-refractivity contribution < 1.29 is 19.0 Å². The van der Waals surface area contributed by atoms with Crippen molar-refractivity contribution in [1.29, 1.82) is 0 Å². The van der Waals surface area contributed by atoms with Crippen LogP contribution >= 0.6 is 11.8 Å². The van der Waals surface area contributed by atoms with Crippen LogP contribution in [0.4, 0.5) is 15.8 Å². The minimum absolute atomic E-state index is 0.0231. The first kappa shape index (κ1) is 24.8. The third kappa shape index (κ3) is 5.14. The lowest BCUT2D eigenvalue weighted by molar-refractivity contribution is -0.130. The molecule has 5 nitrogen and oxygen atoms in total. The zero-order valence-corrected chi connectivity index (χ0v) is 21.4. The largest absolute Gasteiger partial charge is 0.486 e. The fourth-order valence-electron chi connectivity index (χ4n) is 5.15. The first-order valence-electron chi connectivity index (χ1n) is 12.4. The second-order valence-corrected chi connectivity index (χ2v) is 11.1. The van der Waals surface area contributed by atoms with Gasteiger partial charge in [0.2, 0.25) is 5.91 Å². The van der Waals surface area contributed by atoms with Crippen molar-refractivity contribution in [3.8, 4) is 5.75 Å². The molecule has 0 bridgehead atoms. The molecule has 0 spiro atoms. The molecule has 3 aromatic carbocycles. The van der Waals surface area contributed by atoms with E-state index in [0.29, 0.717) is 31.7 Å². The zero-order valence-electron chi connectivity index (χ0n) is 20.6. The number of benzene rings is 3. The molecule has 1 N–H and O–H groups in total. The van der Waals surface area contributed by atoms with Gasteiger partial charge < -0.3 is 9.84 Å². The number of anilines is 2. The van der Waals surface area contributed by atoms with Crippen LogP contribution < -0.4 is 9.64 Å². The highest BCUT2D eigenvalue weighted by Gasteiger charge is 2.44. The van der Waals surface area contributed by atoms with E-state index in [4.69, 9.17) is 4.74 Å². The molecule has 1 amide bonds. The molecule has 2 aliphatic heterocycles. The topological polar surface area (TPSA) is 53.0 Å². The van der Waals surface area contributed by atoms with Crippen molar-refractivity contribution in [2.75, 3.05) is 24.5 Å². The number of carbonyl (C=O) groups is 1. The van der Waals surface area contributed by atoms with Gasteiger partial charge in [-0.3, -0.25) is 14.6 Å². The van der Waals surface area contributed by atoms with Crippen LogP contribution in [0.2, 0.25) is 0 Å². The van der Waals surface area contributed by atoms with Crippen molar-refractivity contribution in [3.05, 3.63) is 78.6 Å². The van der Waals surface area contributed by atoms with Crippen LogP contribution in [0.1, 0.15) is 26.7 Å². The average molecular weight is 507 g/mol. The molecule has 0 unspecified atom stereocenters. The summed E-state index contributed by atoms with van der Waals surface area (Å²) in [7, 11) is 0. The predicted molar refractivity (Wildman–Crippen MR) is 140 cm³/mol. The summed E-state index contributed by atoms with van der Waals surface area (Å²) >= 11 is 1.67. The Morgan fingerprint density at radius 2 is 1.67 bits per heavy atom. The third-order valence-corrected chi connectivity index (χ3v) is 7.91. The van der Waals surface area contributed by atoms with E-state index in [-0.39, 0.29) is 24.2 Å². The molecule has 1 fully saturated rings. The molecule has 0 radical (unpaired) electrons. The lowest BCUT2D eigenvalue weighted by atomic mass is 9.81. The lowest BCUT2D eigenvalue weighted by Crippen LogP contribution is -2.59. The Morgan fingerprint density at radius 3 is 2.28 bits per heavy atom. The molecule has 2 aliphatic rings. The van der Waals surface area contributed by atoms with Gasteiger partial charge in [0.1, 0.15) is 23.3 Å². The van der Waals surface area contributed by atoms with Gasteiger partial charge in [0.15, 0.2) is 0 Å². The quantitative estimate of drug-likeness (QED) is 0.452. The maximum Gasteiger partial charge on any atom is 0.245 e. The zero-order chi connectivity index (χ0) is 25.3. The highest BCUT2D eigenvalue weighted by Crippen LogP contribution is 2.48. The molecule has 3 aromatic rings. The van der Waals surface area contributed by atoms with Crippen molar-refractivity contribution in [2.45, 2.75) is 48.2 Å². The molecular formula is C29H31FN2O3S. The van der Waals surface area contributed by atoms with Crippen molar-refractivity contribution >= 4 is 29.0 Å². The number of aliphatic hydroxyl groups is 1. The standard InChI is InChI=1S/C29H31FN2O3S/c1-20(2)17-29(34)15-16-31(18-27(29)35-22-13-11-21(30)12-14-22)19-28(33)32-23-7-3-5-9-25(23)36-26-10-6-4-8-24(26)32/h3-14,20,27,34H,15-19H2,1-2H3/t27-,29+/m0/s1. The molecule has 5 rings (SSSR count). The first-order chi connectivity index (χ1) is 17.3. The summed E-state index contributed by atoms with van der Waals surface area (Å²) < 4.78 is 19.6. The SMILES string of the molecule is CC(C)C[C@]1(O)CCN(CC(=O)N2c3ccccc3Sc3ccccc32)C[C@@H]1Oc1ccc(F)cc1. The van der Waals surface area contributed by atoms with Crippen LogP contribution in [0.25, 0.3) is 0 Å². The summed E-state index contributed by atoms with van der Waals surface area (Å²) in [6, 6.07) is 21.8. The van der Waals surface area contributed by atoms with Crippen LogP contribution in [-0.2, 0) is 4.79 Å². The van der Waals surface area contributed by atoms with Gasteiger partial charge in [-0.25, -0.2) is 4.39 Å². The lowest BCUT2D eigenvalue weighted by Gasteiger charge is -2.45. The summed E-state index contributed by atoms with van der Waals surface area (Å²) in [5.74, 6) is 0.426. The van der Waals surface area contributed by atoms with Crippen LogP contribution in [0.15, 0.2) is 82.6 Å². The minimum Gasteiger partial charge on any atom is -0.486 e. The van der Waals surface area contributed by atoms with Crippen molar-refractivity contribution in [3.63, 3.8) is 0 Å². The summed E-state index contributed by atoms with van der Waals surface area (Å²) in [5.41, 5.74) is 0.751. The number of rotatable bonds is 6. The highest BCUT2D eigenvalue weighted by atomic mass is 32.2. The Bertz CT molecular complexity index is 1190. The Kier molecular flexibility index (Phi) is 7.06. The van der Waals surface area contributed by atoms with Crippen LogP contribution in [0, 0.1) is 11.7 Å². The van der Waals surface area contributed by atoms with Gasteiger partial charge in [0.05, 0.1) is 17.9 Å². The molecule has 188 valence electrons. The number of likely N-dealkylation sites (tertiary alicyclic amines) is 1. The summed E-state index contributed by atoms with van der Waals surface area (Å²) in [5, 5.41) is 11.6. The molecule has 0 aliphatic carbocycles. The summed E-state index contributed by atoms with van der Waals surface area (Å²) in [6.45, 7) is 5.34. The molecule has 0 aromatic heterocycles. The van der Waals surface area contributed by atoms with Crippen molar-refractivity contribution in [2.24, 2.45) is 5.92 Å². The van der Waals surface area contributed by atoms with E-state index in [1.165, 1.54) is 12.1 Å². The van der Waals surface area contributed by atoms with Crippen LogP contribution in [-0.4, -0.2) is 47.3 Å². The predicted octanol–water partition coefficient (Wildman–Crippen LogP) is 5.89. The number of para-hydroxylation sites is 2. The molecular weight excluding hydrogens is 475 g/mol. The van der Waals surface area contributed by atoms with E-state index in [0.717, 1.165) is 21.2 Å². The van der Waals surface area contributed by atoms with E-state index in [2.05, 4.69) is 18.7 Å². The van der Waals surface area contributed by atoms with E-state index >= 15 is 0 Å². The molecule has 36 heavy (non-hydrogen) atoms. The molecule has 1 saturated heterocycles. The van der Waals surface area contributed by atoms with Gasteiger partial charge in [0, 0.05) is 22.9 Å². The molecule has 2 heterocycles. The van der Waals surface area contributed by atoms with Crippen LogP contribution in [0.3, 0.4) is 0 Å². The Labute approximate surface area is 215 Å². The summed E-state index contributed by atoms with van der Waals surface area (Å²) in [4.78, 5) is 19.7. The van der Waals surface area contributed by atoms with Gasteiger partial charge >= 0.3 is 0 Å². The molecule has 0 saturated carbocycles. The first-order valence-corrected chi connectivity index (χ1v) is 13.2. The van der Waals surface area contributed by atoms with Gasteiger partial charge in [-0.2, -0.15) is 0 Å². The van der Waals surface area contributed by atoms with E-state index in [1.54, 1.807) is 23.9 Å². The fourth-order valence-corrected chi connectivity index (χ4v) is 6.21. The number of ether oxygens (including phenoxy) is 1. The second-order valence-electron chi connectivity index (χ2n) is 10.0. The smallest absolute Gasteiger partial charge is 0.245 e. The number of fused-ring (bicyclic) bond motifs is 2. The van der Waals surface area contributed by atoms with E-state index < -0.39 is 11.7 Å². The van der Waals surface area contributed by atoms with Gasteiger partial charge in [0.25, 0.3) is 0 Å². The van der Waals surface area contributed by atoms with E-state index in [9.17, 15) is 14.3 Å². The number of nitrogens with zero attached hydrogens (tertiary/aromatic N) is 2. The average Bonchev–Trinajstić information content (AvgIpc) is 2.85. The minimum atomic E-state index is -1.02. The van der Waals surface area contributed by atoms with Crippen molar-refractivity contribution in [1.82, 2.24) is 4.90 Å². The number of amides is 1. The number of hydrogen-bond donors (Lipinski definition) is 1. The summed E-state index contributed by atoms with van der Waals surface area (Å²) in [6.07, 6.45) is 0.543. The number of carbonyl (C=O) groups excluding carboxylic acids is 1. The monoisotopic (exact) mass is 506 g/mol.